The first-order valence-electron chi connectivity index (χ1n) is 9.63. The Morgan fingerprint density at radius 3 is 2.48 bits per heavy atom. The molecule has 1 N–H and O–H groups in total. The standard InChI is InChI=1S/C23H15ClF4N2O2S/c24-15-6-9-19-18(11-15)20(21(31)29-17-3-1-2-14(10-17)23(26,27)28)22(32)30(33-19)12-13-4-7-16(25)8-5-13/h1-11,20H,12H2,(H,29,31). The van der Waals surface area contributed by atoms with Crippen molar-refractivity contribution in [1.29, 1.82) is 0 Å². The number of anilines is 1. The van der Waals surface area contributed by atoms with E-state index in [9.17, 15) is 27.2 Å². The van der Waals surface area contributed by atoms with Crippen molar-refractivity contribution in [2.24, 2.45) is 0 Å². The van der Waals surface area contributed by atoms with Crippen LogP contribution in [0.1, 0.15) is 22.6 Å². The van der Waals surface area contributed by atoms with Crippen LogP contribution in [-0.4, -0.2) is 16.1 Å². The number of hydrogen-bond donors (Lipinski definition) is 1. The number of rotatable bonds is 4. The molecule has 1 unspecified atom stereocenters. The van der Waals surface area contributed by atoms with Crippen LogP contribution in [0.25, 0.3) is 0 Å². The fourth-order valence-electron chi connectivity index (χ4n) is 3.38. The van der Waals surface area contributed by atoms with Crippen LogP contribution >= 0.6 is 23.5 Å². The molecule has 0 bridgehead atoms. The van der Waals surface area contributed by atoms with Gasteiger partial charge < -0.3 is 5.32 Å². The summed E-state index contributed by atoms with van der Waals surface area (Å²) in [7, 11) is 0. The zero-order chi connectivity index (χ0) is 23.8. The molecule has 0 fully saturated rings. The Morgan fingerprint density at radius 1 is 1.06 bits per heavy atom. The summed E-state index contributed by atoms with van der Waals surface area (Å²) < 4.78 is 53.7. The summed E-state index contributed by atoms with van der Waals surface area (Å²) in [4.78, 5) is 27.0. The van der Waals surface area contributed by atoms with E-state index in [1.807, 2.05) is 0 Å². The molecule has 0 radical (unpaired) electrons. The predicted octanol–water partition coefficient (Wildman–Crippen LogP) is 6.27. The molecule has 1 aliphatic rings. The average Bonchev–Trinajstić information content (AvgIpc) is 2.75. The Kier molecular flexibility index (Phi) is 6.36. The van der Waals surface area contributed by atoms with E-state index in [-0.39, 0.29) is 12.2 Å². The highest BCUT2D eigenvalue weighted by atomic mass is 35.5. The Morgan fingerprint density at radius 2 is 1.79 bits per heavy atom. The van der Waals surface area contributed by atoms with Crippen LogP contribution in [0.4, 0.5) is 23.2 Å². The van der Waals surface area contributed by atoms with E-state index in [1.54, 1.807) is 12.1 Å². The highest BCUT2D eigenvalue weighted by Gasteiger charge is 2.39. The van der Waals surface area contributed by atoms with Gasteiger partial charge in [0.15, 0.2) is 0 Å². The van der Waals surface area contributed by atoms with Crippen LogP contribution in [0.3, 0.4) is 0 Å². The molecule has 0 aliphatic carbocycles. The monoisotopic (exact) mass is 494 g/mol. The number of halogens is 5. The molecule has 3 aromatic carbocycles. The highest BCUT2D eigenvalue weighted by Crippen LogP contribution is 2.41. The Balaban J connectivity index is 1.65. The van der Waals surface area contributed by atoms with Gasteiger partial charge in [-0.2, -0.15) is 13.2 Å². The van der Waals surface area contributed by atoms with E-state index >= 15 is 0 Å². The number of hydrogen-bond acceptors (Lipinski definition) is 3. The molecule has 2 amide bonds. The third kappa shape index (κ3) is 5.15. The Hall–Kier alpha value is -3.04. The highest BCUT2D eigenvalue weighted by molar-refractivity contribution is 7.97. The van der Waals surface area contributed by atoms with E-state index in [1.165, 1.54) is 46.8 Å². The van der Waals surface area contributed by atoms with Crippen molar-refractivity contribution in [2.45, 2.75) is 23.5 Å². The number of benzene rings is 3. The van der Waals surface area contributed by atoms with Crippen molar-refractivity contribution in [3.8, 4) is 0 Å². The second-order valence-corrected chi connectivity index (χ2v) is 8.78. The summed E-state index contributed by atoms with van der Waals surface area (Å²) in [5.41, 5.74) is -0.00856. The molecule has 1 aliphatic heterocycles. The number of amides is 2. The van der Waals surface area contributed by atoms with Crippen molar-refractivity contribution in [1.82, 2.24) is 4.31 Å². The van der Waals surface area contributed by atoms with Crippen LogP contribution in [0, 0.1) is 5.82 Å². The van der Waals surface area contributed by atoms with E-state index in [4.69, 9.17) is 11.6 Å². The minimum absolute atomic E-state index is 0.0884. The van der Waals surface area contributed by atoms with Crippen molar-refractivity contribution in [2.75, 3.05) is 5.32 Å². The van der Waals surface area contributed by atoms with Crippen molar-refractivity contribution in [3.63, 3.8) is 0 Å². The summed E-state index contributed by atoms with van der Waals surface area (Å²) in [5, 5.41) is 2.73. The summed E-state index contributed by atoms with van der Waals surface area (Å²) in [6.45, 7) is 0.0964. The predicted molar refractivity (Wildman–Crippen MR) is 117 cm³/mol. The Labute approximate surface area is 195 Å². The number of carbonyl (C=O) groups excluding carboxylic acids is 2. The van der Waals surface area contributed by atoms with Gasteiger partial charge in [0.25, 0.3) is 0 Å². The number of nitrogens with one attached hydrogen (secondary N) is 1. The van der Waals surface area contributed by atoms with Crippen molar-refractivity contribution >= 4 is 41.1 Å². The minimum Gasteiger partial charge on any atom is -0.325 e. The lowest BCUT2D eigenvalue weighted by atomic mass is 9.96. The van der Waals surface area contributed by atoms with Crippen molar-refractivity contribution < 1.29 is 27.2 Å². The number of alkyl halides is 3. The first-order chi connectivity index (χ1) is 15.6. The summed E-state index contributed by atoms with van der Waals surface area (Å²) >= 11 is 7.19. The van der Waals surface area contributed by atoms with Gasteiger partial charge in [-0.05, 0) is 71.6 Å². The number of nitrogens with zero attached hydrogens (tertiary/aromatic N) is 1. The lowest BCUT2D eigenvalue weighted by molar-refractivity contribution is -0.138. The second kappa shape index (κ2) is 9.07. The zero-order valence-corrected chi connectivity index (χ0v) is 18.3. The second-order valence-electron chi connectivity index (χ2n) is 7.28. The number of carbonyl (C=O) groups is 2. The molecule has 3 aromatic rings. The molecule has 1 heterocycles. The third-order valence-corrected chi connectivity index (χ3v) is 6.28. The lowest BCUT2D eigenvalue weighted by Gasteiger charge is -2.32. The summed E-state index contributed by atoms with van der Waals surface area (Å²) in [6, 6.07) is 14.5. The molecule has 0 spiro atoms. The first kappa shape index (κ1) is 23.1. The van der Waals surface area contributed by atoms with Crippen molar-refractivity contribution in [3.05, 3.63) is 94.3 Å². The van der Waals surface area contributed by atoms with Crippen LogP contribution in [0.5, 0.6) is 0 Å². The first-order valence-corrected chi connectivity index (χ1v) is 10.8. The quantitative estimate of drug-likeness (QED) is 0.264. The van der Waals surface area contributed by atoms with Crippen LogP contribution in [0.2, 0.25) is 5.02 Å². The lowest BCUT2D eigenvalue weighted by Crippen LogP contribution is -2.39. The molecular formula is C23H15ClF4N2O2S. The molecule has 4 nitrogen and oxygen atoms in total. The van der Waals surface area contributed by atoms with Gasteiger partial charge in [-0.3, -0.25) is 13.9 Å². The molecule has 4 rings (SSSR count). The van der Waals surface area contributed by atoms with Gasteiger partial charge in [-0.15, -0.1) is 0 Å². The molecule has 0 saturated carbocycles. The molecule has 170 valence electrons. The topological polar surface area (TPSA) is 49.4 Å². The summed E-state index contributed by atoms with van der Waals surface area (Å²) in [5.74, 6) is -3.10. The van der Waals surface area contributed by atoms with Crippen LogP contribution < -0.4 is 5.32 Å². The SMILES string of the molecule is O=C(Nc1cccc(C(F)(F)F)c1)C1C(=O)N(Cc2ccc(F)cc2)Sc2ccc(Cl)cc21. The van der Waals surface area contributed by atoms with Gasteiger partial charge in [0.1, 0.15) is 11.7 Å². The minimum atomic E-state index is -4.58. The fourth-order valence-corrected chi connectivity index (χ4v) is 4.61. The molecule has 1 atom stereocenters. The van der Waals surface area contributed by atoms with Gasteiger partial charge >= 0.3 is 6.18 Å². The Bertz CT molecular complexity index is 1220. The zero-order valence-electron chi connectivity index (χ0n) is 16.7. The smallest absolute Gasteiger partial charge is 0.325 e. The molecular weight excluding hydrogens is 480 g/mol. The number of fused-ring (bicyclic) bond motifs is 1. The normalized spacial score (nSPS) is 15.8. The maximum absolute atomic E-state index is 13.3. The maximum atomic E-state index is 13.3. The van der Waals surface area contributed by atoms with Crippen LogP contribution in [0.15, 0.2) is 71.6 Å². The largest absolute Gasteiger partial charge is 0.416 e. The molecule has 0 aromatic heterocycles. The van der Waals surface area contributed by atoms with Gasteiger partial charge in [0, 0.05) is 15.6 Å². The molecule has 33 heavy (non-hydrogen) atoms. The average molecular weight is 495 g/mol. The van der Waals surface area contributed by atoms with Gasteiger partial charge in [0.2, 0.25) is 11.8 Å². The van der Waals surface area contributed by atoms with Gasteiger partial charge in [0.05, 0.1) is 12.1 Å². The van der Waals surface area contributed by atoms with Gasteiger partial charge in [-0.1, -0.05) is 29.8 Å². The molecule has 10 heteroatoms. The fraction of sp³-hybridized carbons (Fsp3) is 0.130. The third-order valence-electron chi connectivity index (χ3n) is 4.94. The molecule has 0 saturated heterocycles. The van der Waals surface area contributed by atoms with Crippen LogP contribution in [-0.2, 0) is 22.3 Å². The maximum Gasteiger partial charge on any atom is 0.416 e. The van der Waals surface area contributed by atoms with E-state index < -0.39 is 35.3 Å². The van der Waals surface area contributed by atoms with Gasteiger partial charge in [-0.25, -0.2) is 4.39 Å². The van der Waals surface area contributed by atoms with E-state index in [0.717, 1.165) is 24.1 Å². The summed E-state index contributed by atoms with van der Waals surface area (Å²) in [6.07, 6.45) is -4.58. The van der Waals surface area contributed by atoms with E-state index in [0.29, 0.717) is 21.0 Å². The van der Waals surface area contributed by atoms with E-state index in [2.05, 4.69) is 5.32 Å².